The lowest BCUT2D eigenvalue weighted by molar-refractivity contribution is 0.325. The highest BCUT2D eigenvalue weighted by molar-refractivity contribution is 7.18. The molecule has 1 aromatic carbocycles. The van der Waals surface area contributed by atoms with Crippen molar-refractivity contribution in [2.24, 2.45) is 0 Å². The molecule has 1 aliphatic rings. The van der Waals surface area contributed by atoms with Gasteiger partial charge in [-0.15, -0.1) is 11.3 Å². The summed E-state index contributed by atoms with van der Waals surface area (Å²) in [5, 5.41) is 1.11. The lowest BCUT2D eigenvalue weighted by Gasteiger charge is -1.89. The van der Waals surface area contributed by atoms with Crippen LogP contribution in [0.5, 0.6) is 0 Å². The molecule has 72 valence electrons. The molecule has 1 saturated heterocycles. The highest BCUT2D eigenvalue weighted by Gasteiger charge is 2.50. The van der Waals surface area contributed by atoms with E-state index < -0.39 is 0 Å². The number of hydrogen-bond donors (Lipinski definition) is 0. The molecule has 1 unspecified atom stereocenters. The molecule has 0 bridgehead atoms. The molecular formula is C11H11NOS. The Hall–Kier alpha value is -0.930. The van der Waals surface area contributed by atoms with Crippen molar-refractivity contribution in [1.29, 1.82) is 0 Å². The van der Waals surface area contributed by atoms with Gasteiger partial charge in [-0.2, -0.15) is 0 Å². The van der Waals surface area contributed by atoms with E-state index in [9.17, 15) is 0 Å². The van der Waals surface area contributed by atoms with E-state index >= 15 is 0 Å². The van der Waals surface area contributed by atoms with Crippen molar-refractivity contribution in [2.75, 3.05) is 0 Å². The van der Waals surface area contributed by atoms with E-state index in [1.807, 2.05) is 18.2 Å². The zero-order valence-electron chi connectivity index (χ0n) is 8.15. The van der Waals surface area contributed by atoms with Crippen LogP contribution in [0.25, 0.3) is 10.2 Å². The molecule has 0 radical (unpaired) electrons. The summed E-state index contributed by atoms with van der Waals surface area (Å²) < 4.78 is 6.81. The number of ether oxygens (including phenoxy) is 1. The van der Waals surface area contributed by atoms with Gasteiger partial charge in [0, 0.05) is 0 Å². The number of thiazole rings is 1. The standard InChI is InChI=1S/C11H11NOS/c1-11(2)9(13-11)10-12-7-5-3-4-6-8(7)14-10/h3-6,9H,1-2H3. The Morgan fingerprint density at radius 3 is 2.71 bits per heavy atom. The summed E-state index contributed by atoms with van der Waals surface area (Å²) in [4.78, 5) is 4.56. The largest absolute Gasteiger partial charge is 0.359 e. The maximum Gasteiger partial charge on any atom is 0.138 e. The second kappa shape index (κ2) is 2.55. The molecule has 0 spiro atoms. The molecule has 1 aliphatic heterocycles. The van der Waals surface area contributed by atoms with Crippen molar-refractivity contribution in [3.63, 3.8) is 0 Å². The lowest BCUT2D eigenvalue weighted by Crippen LogP contribution is -1.96. The van der Waals surface area contributed by atoms with Gasteiger partial charge in [-0.25, -0.2) is 4.98 Å². The Kier molecular flexibility index (Phi) is 1.53. The predicted molar refractivity (Wildman–Crippen MR) is 57.5 cm³/mol. The fraction of sp³-hybridized carbons (Fsp3) is 0.364. The molecule has 0 aliphatic carbocycles. The van der Waals surface area contributed by atoms with Crippen LogP contribution in [0, 0.1) is 0 Å². The number of nitrogens with zero attached hydrogens (tertiary/aromatic N) is 1. The van der Waals surface area contributed by atoms with Gasteiger partial charge in [-0.1, -0.05) is 12.1 Å². The molecule has 0 N–H and O–H groups in total. The van der Waals surface area contributed by atoms with E-state index in [1.54, 1.807) is 11.3 Å². The van der Waals surface area contributed by atoms with Gasteiger partial charge < -0.3 is 4.74 Å². The van der Waals surface area contributed by atoms with Gasteiger partial charge in [0.25, 0.3) is 0 Å². The molecule has 3 heteroatoms. The van der Waals surface area contributed by atoms with Gasteiger partial charge in [0.05, 0.1) is 15.8 Å². The number of fused-ring (bicyclic) bond motifs is 1. The van der Waals surface area contributed by atoms with Crippen LogP contribution < -0.4 is 0 Å². The SMILES string of the molecule is CC1(C)OC1c1nc2ccccc2s1. The molecule has 3 rings (SSSR count). The average Bonchev–Trinajstić information content (AvgIpc) is 2.62. The summed E-state index contributed by atoms with van der Waals surface area (Å²) in [5.41, 5.74) is 1.08. The van der Waals surface area contributed by atoms with E-state index in [2.05, 4.69) is 24.9 Å². The minimum Gasteiger partial charge on any atom is -0.359 e. The van der Waals surface area contributed by atoms with E-state index in [4.69, 9.17) is 4.74 Å². The predicted octanol–water partition coefficient (Wildman–Crippen LogP) is 3.15. The Balaban J connectivity index is 2.08. The van der Waals surface area contributed by atoms with Crippen LogP contribution in [0.2, 0.25) is 0 Å². The van der Waals surface area contributed by atoms with Crippen LogP contribution in [0.4, 0.5) is 0 Å². The van der Waals surface area contributed by atoms with E-state index in [0.717, 1.165) is 10.5 Å². The first-order valence-corrected chi connectivity index (χ1v) is 5.52. The first-order chi connectivity index (χ1) is 6.67. The van der Waals surface area contributed by atoms with Gasteiger partial charge in [-0.05, 0) is 26.0 Å². The van der Waals surface area contributed by atoms with Gasteiger partial charge in [0.15, 0.2) is 0 Å². The zero-order chi connectivity index (χ0) is 9.76. The smallest absolute Gasteiger partial charge is 0.138 e. The zero-order valence-corrected chi connectivity index (χ0v) is 8.97. The van der Waals surface area contributed by atoms with Crippen LogP contribution in [-0.2, 0) is 4.74 Å². The second-order valence-electron chi connectivity index (χ2n) is 4.12. The minimum absolute atomic E-state index is 0.00608. The third-order valence-corrected chi connectivity index (χ3v) is 3.61. The topological polar surface area (TPSA) is 25.4 Å². The summed E-state index contributed by atoms with van der Waals surface area (Å²) in [5.74, 6) is 0. The Labute approximate surface area is 86.5 Å². The Morgan fingerprint density at radius 1 is 1.36 bits per heavy atom. The highest BCUT2D eigenvalue weighted by atomic mass is 32.1. The van der Waals surface area contributed by atoms with Gasteiger partial charge in [0.1, 0.15) is 11.1 Å². The number of benzene rings is 1. The molecule has 0 saturated carbocycles. The highest BCUT2D eigenvalue weighted by Crippen LogP contribution is 2.50. The third-order valence-electron chi connectivity index (χ3n) is 2.53. The van der Waals surface area contributed by atoms with Gasteiger partial charge in [-0.3, -0.25) is 0 Å². The van der Waals surface area contributed by atoms with Gasteiger partial charge >= 0.3 is 0 Å². The Bertz CT molecular complexity index is 456. The van der Waals surface area contributed by atoms with Crippen LogP contribution in [0.15, 0.2) is 24.3 Å². The third kappa shape index (κ3) is 1.16. The fourth-order valence-electron chi connectivity index (χ4n) is 1.62. The van der Waals surface area contributed by atoms with Crippen LogP contribution in [0.1, 0.15) is 25.0 Å². The number of epoxide rings is 1. The van der Waals surface area contributed by atoms with Crippen molar-refractivity contribution in [2.45, 2.75) is 25.6 Å². The number of hydrogen-bond acceptors (Lipinski definition) is 3. The van der Waals surface area contributed by atoms with Crippen molar-refractivity contribution < 1.29 is 4.74 Å². The van der Waals surface area contributed by atoms with E-state index in [0.29, 0.717) is 0 Å². The van der Waals surface area contributed by atoms with Gasteiger partial charge in [0.2, 0.25) is 0 Å². The Morgan fingerprint density at radius 2 is 2.07 bits per heavy atom. The summed E-state index contributed by atoms with van der Waals surface area (Å²) in [7, 11) is 0. The first kappa shape index (κ1) is 8.38. The molecule has 0 amide bonds. The number of para-hydroxylation sites is 1. The molecule has 1 fully saturated rings. The average molecular weight is 205 g/mol. The van der Waals surface area contributed by atoms with E-state index in [-0.39, 0.29) is 11.7 Å². The number of aromatic nitrogens is 1. The van der Waals surface area contributed by atoms with E-state index in [1.165, 1.54) is 4.70 Å². The molecule has 1 atom stereocenters. The fourth-order valence-corrected chi connectivity index (χ4v) is 2.79. The molecule has 2 heterocycles. The van der Waals surface area contributed by atoms with Crippen molar-refractivity contribution in [3.05, 3.63) is 29.3 Å². The first-order valence-electron chi connectivity index (χ1n) is 4.70. The molecule has 1 aromatic heterocycles. The minimum atomic E-state index is -0.00608. The summed E-state index contributed by atoms with van der Waals surface area (Å²) in [6.45, 7) is 4.20. The van der Waals surface area contributed by atoms with Crippen LogP contribution in [0.3, 0.4) is 0 Å². The number of rotatable bonds is 1. The molecule has 14 heavy (non-hydrogen) atoms. The summed E-state index contributed by atoms with van der Waals surface area (Å²) in [6.07, 6.45) is 0.208. The van der Waals surface area contributed by atoms with Crippen LogP contribution >= 0.6 is 11.3 Å². The summed E-state index contributed by atoms with van der Waals surface area (Å²) >= 11 is 1.73. The molecule has 2 aromatic rings. The lowest BCUT2D eigenvalue weighted by atomic mass is 10.1. The maximum atomic E-state index is 5.57. The van der Waals surface area contributed by atoms with Crippen LogP contribution in [-0.4, -0.2) is 10.6 Å². The molecular weight excluding hydrogens is 194 g/mol. The normalized spacial score (nSPS) is 24.0. The van der Waals surface area contributed by atoms with Crippen molar-refractivity contribution in [1.82, 2.24) is 4.98 Å². The monoisotopic (exact) mass is 205 g/mol. The second-order valence-corrected chi connectivity index (χ2v) is 5.18. The van der Waals surface area contributed by atoms with Crippen molar-refractivity contribution >= 4 is 21.6 Å². The molecule has 2 nitrogen and oxygen atoms in total. The quantitative estimate of drug-likeness (QED) is 0.668. The van der Waals surface area contributed by atoms with Crippen molar-refractivity contribution in [3.8, 4) is 0 Å². The summed E-state index contributed by atoms with van der Waals surface area (Å²) in [6, 6.07) is 8.21. The maximum absolute atomic E-state index is 5.57.